The van der Waals surface area contributed by atoms with Gasteiger partial charge in [0.15, 0.2) is 0 Å². The Balaban J connectivity index is 2.11. The molecule has 3 aromatic carbocycles. The predicted octanol–water partition coefficient (Wildman–Crippen LogP) is 5.03. The second-order valence-electron chi connectivity index (χ2n) is 9.85. The second kappa shape index (κ2) is 10.8. The number of rotatable bonds is 8. The van der Waals surface area contributed by atoms with Crippen LogP contribution < -0.4 is 6.67 Å². The second-order valence-corrected chi connectivity index (χ2v) is 19.4. The van der Waals surface area contributed by atoms with Crippen LogP contribution >= 0.6 is 0 Å². The molecule has 0 amide bonds. The summed E-state index contributed by atoms with van der Waals surface area (Å²) in [7, 11) is 0. The maximum absolute atomic E-state index is 11.8. The molecule has 0 aliphatic carbocycles. The quantitative estimate of drug-likeness (QED) is 0.324. The van der Waals surface area contributed by atoms with Gasteiger partial charge in [0, 0.05) is 0 Å². The molecular formula is C29H33N3O2Zr. The molecule has 6 heteroatoms. The minimum atomic E-state index is -4.06. The average Bonchev–Trinajstić information content (AvgIpc) is 2.85. The fourth-order valence-corrected chi connectivity index (χ4v) is 16.7. The van der Waals surface area contributed by atoms with Gasteiger partial charge in [0.1, 0.15) is 0 Å². The summed E-state index contributed by atoms with van der Waals surface area (Å²) in [6.45, 7) is 8.32. The molecule has 0 aliphatic rings. The van der Waals surface area contributed by atoms with Crippen LogP contribution in [0.25, 0.3) is 0 Å². The third-order valence-corrected chi connectivity index (χ3v) is 18.3. The topological polar surface area (TPSA) is 79.1 Å². The molecule has 0 bridgehead atoms. The van der Waals surface area contributed by atoms with Crippen LogP contribution in [0.5, 0.6) is 11.5 Å². The van der Waals surface area contributed by atoms with Gasteiger partial charge in [0.25, 0.3) is 0 Å². The summed E-state index contributed by atoms with van der Waals surface area (Å²) in [5, 5.41) is 36.2. The Hall–Kier alpha value is -2.85. The van der Waals surface area contributed by atoms with Crippen LogP contribution in [0.2, 0.25) is 0 Å². The van der Waals surface area contributed by atoms with Crippen molar-refractivity contribution in [2.75, 3.05) is 0 Å². The standard InChI is InChI=1S/C12H17O2.2C7H7.C3H2N3.Zr/c1-7(2)9-5-10(8(3)4)12(14)6-11(9)13;2*1-7-5-3-2-4-6-7;1-2-4-6-5-3-1;/h5,7-8,13-14H,1-4H3;2*2-6H,1H2;1-2H;. The van der Waals surface area contributed by atoms with E-state index in [0.29, 0.717) is 3.27 Å². The van der Waals surface area contributed by atoms with Crippen LogP contribution in [0.1, 0.15) is 61.8 Å². The zero-order valence-corrected chi connectivity index (χ0v) is 23.3. The van der Waals surface area contributed by atoms with E-state index in [0.717, 1.165) is 33.9 Å². The molecule has 0 saturated heterocycles. The van der Waals surface area contributed by atoms with Gasteiger partial charge in [-0.2, -0.15) is 0 Å². The third kappa shape index (κ3) is 5.23. The molecule has 2 N–H and O–H groups in total. The van der Waals surface area contributed by atoms with Gasteiger partial charge >= 0.3 is 213 Å². The van der Waals surface area contributed by atoms with Gasteiger partial charge in [-0.3, -0.25) is 0 Å². The first-order valence-corrected chi connectivity index (χ1v) is 18.1. The van der Waals surface area contributed by atoms with Crippen molar-refractivity contribution in [3.63, 3.8) is 0 Å². The van der Waals surface area contributed by atoms with E-state index in [1.165, 1.54) is 0 Å². The molecule has 4 aromatic rings. The summed E-state index contributed by atoms with van der Waals surface area (Å²) in [6, 6.07) is 24.6. The van der Waals surface area contributed by atoms with Gasteiger partial charge in [-0.1, -0.05) is 0 Å². The monoisotopic (exact) mass is 545 g/mol. The summed E-state index contributed by atoms with van der Waals surface area (Å²) < 4.78 is 3.03. The molecule has 0 spiro atoms. The number of phenolic OH excluding ortho intramolecular Hbond substituents is 2. The van der Waals surface area contributed by atoms with Gasteiger partial charge < -0.3 is 0 Å². The molecule has 180 valence electrons. The number of hydrogen-bond acceptors (Lipinski definition) is 5. The van der Waals surface area contributed by atoms with Crippen molar-refractivity contribution in [2.24, 2.45) is 0 Å². The fourth-order valence-electron chi connectivity index (χ4n) is 4.97. The van der Waals surface area contributed by atoms with Crippen LogP contribution in [-0.4, -0.2) is 25.6 Å². The molecule has 5 nitrogen and oxygen atoms in total. The number of hydrogen-bond donors (Lipinski definition) is 2. The van der Waals surface area contributed by atoms with Gasteiger partial charge in [-0.05, 0) is 0 Å². The van der Waals surface area contributed by atoms with E-state index in [1.807, 2.05) is 48.5 Å². The van der Waals surface area contributed by atoms with Gasteiger partial charge in [0.05, 0.1) is 0 Å². The summed E-state index contributed by atoms with van der Waals surface area (Å²) in [5.74, 6) is 0.631. The zero-order chi connectivity index (χ0) is 25.0. The van der Waals surface area contributed by atoms with E-state index in [9.17, 15) is 10.2 Å². The Morgan fingerprint density at radius 3 is 1.60 bits per heavy atom. The van der Waals surface area contributed by atoms with E-state index in [1.54, 1.807) is 6.20 Å². The van der Waals surface area contributed by atoms with Crippen molar-refractivity contribution in [1.29, 1.82) is 0 Å². The molecule has 35 heavy (non-hydrogen) atoms. The van der Waals surface area contributed by atoms with Gasteiger partial charge in [-0.15, -0.1) is 0 Å². The molecule has 1 heterocycles. The number of benzene rings is 3. The summed E-state index contributed by atoms with van der Waals surface area (Å²) in [4.78, 5) is 0. The first kappa shape index (κ1) is 25.3. The van der Waals surface area contributed by atoms with Crippen molar-refractivity contribution >= 4 is 6.67 Å². The van der Waals surface area contributed by atoms with Gasteiger partial charge in [0.2, 0.25) is 0 Å². The number of phenols is 2. The first-order valence-electron chi connectivity index (χ1n) is 12.2. The summed E-state index contributed by atoms with van der Waals surface area (Å²) in [5.41, 5.74) is 4.06. The van der Waals surface area contributed by atoms with E-state index in [-0.39, 0.29) is 23.3 Å². The molecule has 1 aromatic heterocycles. The SMILES string of the molecule is CC(C)c1cc(C(C)C)c(O)[c]([Zr]([CH2]c2ccccc2)([CH2]c2ccccc2)[c]2ccnnn2)c1O. The van der Waals surface area contributed by atoms with Crippen LogP contribution in [0.3, 0.4) is 0 Å². The Morgan fingerprint density at radius 1 is 0.714 bits per heavy atom. The molecule has 0 fully saturated rings. The van der Waals surface area contributed by atoms with E-state index in [2.05, 4.69) is 67.4 Å². The van der Waals surface area contributed by atoms with E-state index < -0.39 is 20.3 Å². The summed E-state index contributed by atoms with van der Waals surface area (Å²) in [6.07, 6.45) is 1.67. The first-order chi connectivity index (χ1) is 16.8. The number of aromatic hydroxyl groups is 2. The van der Waals surface area contributed by atoms with Crippen LogP contribution in [-0.2, 0) is 28.5 Å². The Kier molecular flexibility index (Phi) is 7.81. The van der Waals surface area contributed by atoms with Crippen molar-refractivity contribution in [3.05, 3.63) is 101 Å². The number of aromatic nitrogens is 3. The Morgan fingerprint density at radius 2 is 1.20 bits per heavy atom. The normalized spacial score (nSPS) is 11.8. The zero-order valence-electron chi connectivity index (χ0n) is 20.8. The van der Waals surface area contributed by atoms with Crippen molar-refractivity contribution in [3.8, 4) is 11.5 Å². The summed E-state index contributed by atoms with van der Waals surface area (Å²) >= 11 is -4.06. The molecule has 0 aliphatic heterocycles. The van der Waals surface area contributed by atoms with Crippen LogP contribution in [0, 0.1) is 0 Å². The van der Waals surface area contributed by atoms with Crippen molar-refractivity contribution in [1.82, 2.24) is 15.4 Å². The van der Waals surface area contributed by atoms with Crippen molar-refractivity contribution < 1.29 is 30.5 Å². The Labute approximate surface area is 212 Å². The number of nitrogens with zero attached hydrogens (tertiary/aromatic N) is 3. The van der Waals surface area contributed by atoms with Crippen LogP contribution in [0.4, 0.5) is 0 Å². The maximum atomic E-state index is 11.8. The average molecular weight is 547 g/mol. The Bertz CT molecular complexity index is 1190. The van der Waals surface area contributed by atoms with E-state index in [4.69, 9.17) is 0 Å². The predicted molar refractivity (Wildman–Crippen MR) is 137 cm³/mol. The molecule has 0 unspecified atom stereocenters. The fraction of sp³-hybridized carbons (Fsp3) is 0.276. The van der Waals surface area contributed by atoms with Gasteiger partial charge in [-0.25, -0.2) is 0 Å². The van der Waals surface area contributed by atoms with E-state index >= 15 is 0 Å². The minimum absolute atomic E-state index is 0.104. The molecule has 0 atom stereocenters. The third-order valence-electron chi connectivity index (χ3n) is 6.74. The molecule has 4 rings (SSSR count). The molecular weight excluding hydrogens is 514 g/mol. The molecule has 0 saturated carbocycles. The van der Waals surface area contributed by atoms with Crippen LogP contribution in [0.15, 0.2) is 79.0 Å². The molecule has 0 radical (unpaired) electrons. The van der Waals surface area contributed by atoms with Crippen molar-refractivity contribution in [2.45, 2.75) is 47.8 Å².